The van der Waals surface area contributed by atoms with Gasteiger partial charge < -0.3 is 20.1 Å². The van der Waals surface area contributed by atoms with Crippen LogP contribution in [0.1, 0.15) is 31.2 Å². The number of fused-ring (bicyclic) bond motifs is 1. The number of nitrogens with two attached hydrogens (primary N) is 1. The number of carbonyl (C=O) groups is 1. The molecule has 4 atom stereocenters. The summed E-state index contributed by atoms with van der Waals surface area (Å²) in [6, 6.07) is 6.40. The molecule has 3 aliphatic rings. The molecular weight excluding hydrogens is 292 g/mol. The molecule has 1 saturated carbocycles. The molecule has 4 rings (SSSR count). The van der Waals surface area contributed by atoms with Gasteiger partial charge in [0.15, 0.2) is 11.5 Å². The first kappa shape index (κ1) is 14.8. The minimum atomic E-state index is 0.122. The predicted molar refractivity (Wildman–Crippen MR) is 86.6 cm³/mol. The smallest absolute Gasteiger partial charge is 0.226 e. The van der Waals surface area contributed by atoms with Crippen molar-refractivity contribution in [3.05, 3.63) is 23.8 Å². The molecule has 1 aromatic carbocycles. The van der Waals surface area contributed by atoms with E-state index in [-0.39, 0.29) is 5.92 Å². The lowest BCUT2D eigenvalue weighted by Crippen LogP contribution is -2.35. The van der Waals surface area contributed by atoms with Gasteiger partial charge in [-0.2, -0.15) is 0 Å². The molecule has 0 spiro atoms. The Labute approximate surface area is 136 Å². The van der Waals surface area contributed by atoms with Crippen molar-refractivity contribution in [2.75, 3.05) is 26.3 Å². The summed E-state index contributed by atoms with van der Waals surface area (Å²) in [6.45, 7) is 4.82. The fourth-order valence-electron chi connectivity index (χ4n) is 3.96. The van der Waals surface area contributed by atoms with Crippen LogP contribution in [-0.4, -0.2) is 43.2 Å². The van der Waals surface area contributed by atoms with Crippen LogP contribution in [0.2, 0.25) is 0 Å². The van der Waals surface area contributed by atoms with Crippen molar-refractivity contribution >= 4 is 5.91 Å². The summed E-state index contributed by atoms with van der Waals surface area (Å²) in [5.41, 5.74) is 6.96. The van der Waals surface area contributed by atoms with E-state index in [2.05, 4.69) is 13.0 Å². The van der Waals surface area contributed by atoms with Crippen molar-refractivity contribution in [3.8, 4) is 11.5 Å². The third-order valence-electron chi connectivity index (χ3n) is 5.38. The first-order chi connectivity index (χ1) is 11.2. The van der Waals surface area contributed by atoms with Crippen molar-refractivity contribution in [2.45, 2.75) is 31.7 Å². The van der Waals surface area contributed by atoms with Gasteiger partial charge in [-0.1, -0.05) is 6.07 Å². The molecular formula is C18H24N2O3. The molecule has 124 valence electrons. The van der Waals surface area contributed by atoms with Crippen LogP contribution >= 0.6 is 0 Å². The molecule has 0 aromatic heterocycles. The predicted octanol–water partition coefficient (Wildman–Crippen LogP) is 1.76. The van der Waals surface area contributed by atoms with E-state index in [1.54, 1.807) is 0 Å². The summed E-state index contributed by atoms with van der Waals surface area (Å²) >= 11 is 0. The molecule has 5 heteroatoms. The van der Waals surface area contributed by atoms with Crippen LogP contribution in [0.5, 0.6) is 11.5 Å². The normalized spacial score (nSPS) is 32.0. The highest BCUT2D eigenvalue weighted by atomic mass is 16.6. The lowest BCUT2D eigenvalue weighted by Gasteiger charge is -2.22. The lowest BCUT2D eigenvalue weighted by atomic mass is 10.1. The molecule has 1 aromatic rings. The Hall–Kier alpha value is -1.75. The molecule has 5 nitrogen and oxygen atoms in total. The minimum absolute atomic E-state index is 0.122. The molecule has 2 N–H and O–H groups in total. The Morgan fingerprint density at radius 3 is 2.78 bits per heavy atom. The molecule has 4 unspecified atom stereocenters. The van der Waals surface area contributed by atoms with Gasteiger partial charge in [-0.25, -0.2) is 0 Å². The van der Waals surface area contributed by atoms with E-state index in [9.17, 15) is 4.79 Å². The van der Waals surface area contributed by atoms with Crippen molar-refractivity contribution in [3.63, 3.8) is 0 Å². The van der Waals surface area contributed by atoms with Crippen LogP contribution in [0.4, 0.5) is 0 Å². The van der Waals surface area contributed by atoms with Crippen molar-refractivity contribution in [2.24, 2.45) is 17.6 Å². The van der Waals surface area contributed by atoms with Gasteiger partial charge >= 0.3 is 0 Å². The zero-order valence-corrected chi connectivity index (χ0v) is 13.5. The Bertz CT molecular complexity index is 618. The highest BCUT2D eigenvalue weighted by Crippen LogP contribution is 2.50. The van der Waals surface area contributed by atoms with Gasteiger partial charge in [0.2, 0.25) is 5.91 Å². The minimum Gasteiger partial charge on any atom is -0.486 e. The number of carbonyl (C=O) groups excluding carboxylic acids is 1. The number of benzene rings is 1. The first-order valence-corrected chi connectivity index (χ1v) is 8.57. The average Bonchev–Trinajstić information content (AvgIpc) is 3.29. The van der Waals surface area contributed by atoms with E-state index in [4.69, 9.17) is 15.2 Å². The van der Waals surface area contributed by atoms with Crippen LogP contribution in [0.25, 0.3) is 0 Å². The number of ether oxygens (including phenoxy) is 2. The van der Waals surface area contributed by atoms with Gasteiger partial charge in [0.1, 0.15) is 13.2 Å². The number of rotatable bonds is 3. The maximum absolute atomic E-state index is 12.8. The van der Waals surface area contributed by atoms with Crippen LogP contribution in [0.15, 0.2) is 18.2 Å². The summed E-state index contributed by atoms with van der Waals surface area (Å²) < 4.78 is 11.2. The number of hydrogen-bond donors (Lipinski definition) is 1. The van der Waals surface area contributed by atoms with E-state index in [0.29, 0.717) is 43.5 Å². The summed E-state index contributed by atoms with van der Waals surface area (Å²) in [5, 5.41) is 0. The topological polar surface area (TPSA) is 64.8 Å². The van der Waals surface area contributed by atoms with Crippen LogP contribution < -0.4 is 15.2 Å². The van der Waals surface area contributed by atoms with Crippen LogP contribution in [0.3, 0.4) is 0 Å². The van der Waals surface area contributed by atoms with E-state index < -0.39 is 0 Å². The molecule has 1 saturated heterocycles. The second kappa shape index (κ2) is 5.71. The van der Waals surface area contributed by atoms with Crippen molar-refractivity contribution in [1.29, 1.82) is 0 Å². The summed E-state index contributed by atoms with van der Waals surface area (Å²) in [5.74, 6) is 2.82. The fourth-order valence-corrected chi connectivity index (χ4v) is 3.96. The Morgan fingerprint density at radius 2 is 2.04 bits per heavy atom. The van der Waals surface area contributed by atoms with Crippen molar-refractivity contribution in [1.82, 2.24) is 4.90 Å². The molecule has 0 bridgehead atoms. The van der Waals surface area contributed by atoms with E-state index in [1.807, 2.05) is 17.0 Å². The monoisotopic (exact) mass is 316 g/mol. The van der Waals surface area contributed by atoms with Gasteiger partial charge in [0.05, 0.1) is 0 Å². The van der Waals surface area contributed by atoms with E-state index >= 15 is 0 Å². The van der Waals surface area contributed by atoms with Gasteiger partial charge in [0.25, 0.3) is 0 Å². The van der Waals surface area contributed by atoms with E-state index in [0.717, 1.165) is 30.9 Å². The molecule has 23 heavy (non-hydrogen) atoms. The zero-order valence-electron chi connectivity index (χ0n) is 13.5. The maximum Gasteiger partial charge on any atom is 0.226 e. The molecule has 1 amide bonds. The highest BCUT2D eigenvalue weighted by Gasteiger charge is 2.48. The second-order valence-corrected chi connectivity index (χ2v) is 7.03. The highest BCUT2D eigenvalue weighted by molar-refractivity contribution is 5.83. The van der Waals surface area contributed by atoms with Crippen molar-refractivity contribution < 1.29 is 14.3 Å². The largest absolute Gasteiger partial charge is 0.486 e. The Morgan fingerprint density at radius 1 is 1.26 bits per heavy atom. The van der Waals surface area contributed by atoms with Crippen LogP contribution in [0, 0.1) is 11.8 Å². The molecule has 1 aliphatic carbocycles. The zero-order chi connectivity index (χ0) is 16.0. The Balaban J connectivity index is 1.44. The van der Waals surface area contributed by atoms with E-state index in [1.165, 1.54) is 5.56 Å². The van der Waals surface area contributed by atoms with Gasteiger partial charge in [-0.15, -0.1) is 0 Å². The standard InChI is InChI=1S/C18H24N2O3/c1-11-6-12(9-19)10-20(11)18(21)15-8-14(15)13-2-3-16-17(7-13)23-5-4-22-16/h2-3,7,11-12,14-15H,4-6,8-10,19H2,1H3. The Kier molecular flexibility index (Phi) is 3.68. The van der Waals surface area contributed by atoms with Gasteiger partial charge in [0, 0.05) is 18.5 Å². The molecule has 0 radical (unpaired) electrons. The quantitative estimate of drug-likeness (QED) is 0.923. The molecule has 2 fully saturated rings. The average molecular weight is 316 g/mol. The summed E-state index contributed by atoms with van der Waals surface area (Å²) in [4.78, 5) is 14.8. The fraction of sp³-hybridized carbons (Fsp3) is 0.611. The number of amides is 1. The van der Waals surface area contributed by atoms with Gasteiger partial charge in [-0.3, -0.25) is 4.79 Å². The summed E-state index contributed by atoms with van der Waals surface area (Å²) in [7, 11) is 0. The third kappa shape index (κ3) is 2.67. The summed E-state index contributed by atoms with van der Waals surface area (Å²) in [6.07, 6.45) is 1.97. The molecule has 2 aliphatic heterocycles. The van der Waals surface area contributed by atoms with Gasteiger partial charge in [-0.05, 0) is 55.8 Å². The lowest BCUT2D eigenvalue weighted by molar-refractivity contribution is -0.133. The van der Waals surface area contributed by atoms with Crippen LogP contribution in [-0.2, 0) is 4.79 Å². The maximum atomic E-state index is 12.8. The molecule has 2 heterocycles. The first-order valence-electron chi connectivity index (χ1n) is 8.57. The number of nitrogens with zero attached hydrogens (tertiary/aromatic N) is 1. The SMILES string of the molecule is CC1CC(CN)CN1C(=O)C1CC1c1ccc2c(c1)OCCO2. The number of likely N-dealkylation sites (tertiary alicyclic amines) is 1. The number of hydrogen-bond acceptors (Lipinski definition) is 4. The third-order valence-corrected chi connectivity index (χ3v) is 5.38. The second-order valence-electron chi connectivity index (χ2n) is 7.03.